The van der Waals surface area contributed by atoms with Crippen molar-refractivity contribution in [1.29, 1.82) is 0 Å². The van der Waals surface area contributed by atoms with Gasteiger partial charge in [-0.1, -0.05) is 41.4 Å². The first-order valence-electron chi connectivity index (χ1n) is 9.36. The SMILES string of the molecule is O=C(Nc1ccccc1C(F)(F)F)[C@H]1CCCN(S(=O)(=O)Cc2ccc(Cl)cc2Cl)C1. The second-order valence-corrected chi connectivity index (χ2v) is 10.0. The minimum Gasteiger partial charge on any atom is -0.325 e. The van der Waals surface area contributed by atoms with Crippen molar-refractivity contribution in [3.63, 3.8) is 0 Å². The van der Waals surface area contributed by atoms with Gasteiger partial charge in [0.25, 0.3) is 0 Å². The summed E-state index contributed by atoms with van der Waals surface area (Å²) in [6.07, 6.45) is -3.84. The zero-order valence-electron chi connectivity index (χ0n) is 16.1. The number of anilines is 1. The summed E-state index contributed by atoms with van der Waals surface area (Å²) in [6, 6.07) is 9.16. The zero-order valence-corrected chi connectivity index (χ0v) is 18.5. The molecule has 1 heterocycles. The molecular weight excluding hydrogens is 476 g/mol. The monoisotopic (exact) mass is 494 g/mol. The molecular formula is C20H19Cl2F3N2O3S. The predicted octanol–water partition coefficient (Wildman–Crippen LogP) is 5.19. The maximum Gasteiger partial charge on any atom is 0.418 e. The van der Waals surface area contributed by atoms with Gasteiger partial charge in [0.05, 0.1) is 22.9 Å². The largest absolute Gasteiger partial charge is 0.418 e. The van der Waals surface area contributed by atoms with Crippen LogP contribution in [0.4, 0.5) is 18.9 Å². The Morgan fingerprint density at radius 3 is 2.55 bits per heavy atom. The number of alkyl halides is 3. The Labute approximate surface area is 188 Å². The smallest absolute Gasteiger partial charge is 0.325 e. The number of halogens is 5. The highest BCUT2D eigenvalue weighted by molar-refractivity contribution is 7.88. The molecule has 3 rings (SSSR count). The maximum atomic E-state index is 13.2. The Balaban J connectivity index is 1.72. The van der Waals surface area contributed by atoms with Crippen LogP contribution in [0.2, 0.25) is 10.0 Å². The van der Waals surface area contributed by atoms with Crippen LogP contribution in [0.25, 0.3) is 0 Å². The molecule has 1 saturated heterocycles. The highest BCUT2D eigenvalue weighted by atomic mass is 35.5. The van der Waals surface area contributed by atoms with Gasteiger partial charge in [-0.15, -0.1) is 0 Å². The number of para-hydroxylation sites is 1. The second-order valence-electron chi connectivity index (χ2n) is 7.22. The van der Waals surface area contributed by atoms with Gasteiger partial charge in [-0.05, 0) is 42.7 Å². The molecule has 1 aliphatic rings. The van der Waals surface area contributed by atoms with E-state index in [2.05, 4.69) is 5.32 Å². The van der Waals surface area contributed by atoms with Crippen LogP contribution in [0, 0.1) is 5.92 Å². The summed E-state index contributed by atoms with van der Waals surface area (Å²) >= 11 is 11.9. The van der Waals surface area contributed by atoms with Crippen LogP contribution < -0.4 is 5.32 Å². The highest BCUT2D eigenvalue weighted by Gasteiger charge is 2.36. The fourth-order valence-electron chi connectivity index (χ4n) is 3.41. The van der Waals surface area contributed by atoms with E-state index in [-0.39, 0.29) is 29.6 Å². The molecule has 2 aromatic rings. The number of hydrogen-bond acceptors (Lipinski definition) is 3. The first-order valence-corrected chi connectivity index (χ1v) is 11.7. The number of carbonyl (C=O) groups excluding carboxylic acids is 1. The fraction of sp³-hybridized carbons (Fsp3) is 0.350. The van der Waals surface area contributed by atoms with Crippen molar-refractivity contribution in [2.45, 2.75) is 24.8 Å². The number of hydrogen-bond donors (Lipinski definition) is 1. The first-order chi connectivity index (χ1) is 14.5. The van der Waals surface area contributed by atoms with Crippen molar-refractivity contribution in [2.24, 2.45) is 5.92 Å². The summed E-state index contributed by atoms with van der Waals surface area (Å²) in [5.74, 6) is -1.79. The molecule has 0 unspecified atom stereocenters. The normalized spacial score (nSPS) is 18.0. The fourth-order valence-corrected chi connectivity index (χ4v) is 5.61. The molecule has 0 spiro atoms. The van der Waals surface area contributed by atoms with Crippen molar-refractivity contribution in [1.82, 2.24) is 4.31 Å². The van der Waals surface area contributed by atoms with Crippen molar-refractivity contribution >= 4 is 44.8 Å². The lowest BCUT2D eigenvalue weighted by Crippen LogP contribution is -2.44. The van der Waals surface area contributed by atoms with Gasteiger partial charge < -0.3 is 5.32 Å². The average molecular weight is 495 g/mol. The van der Waals surface area contributed by atoms with Crippen LogP contribution in [0.5, 0.6) is 0 Å². The van der Waals surface area contributed by atoms with Crippen LogP contribution in [0.15, 0.2) is 42.5 Å². The second kappa shape index (κ2) is 9.36. The highest BCUT2D eigenvalue weighted by Crippen LogP contribution is 2.35. The van der Waals surface area contributed by atoms with Crippen LogP contribution in [0.1, 0.15) is 24.0 Å². The van der Waals surface area contributed by atoms with Gasteiger partial charge in [0.2, 0.25) is 15.9 Å². The van der Waals surface area contributed by atoms with Crippen molar-refractivity contribution in [3.05, 3.63) is 63.6 Å². The molecule has 0 aromatic heterocycles. The molecule has 1 amide bonds. The van der Waals surface area contributed by atoms with Gasteiger partial charge in [0.1, 0.15) is 0 Å². The van der Waals surface area contributed by atoms with E-state index in [9.17, 15) is 26.4 Å². The number of sulfonamides is 1. The molecule has 168 valence electrons. The standard InChI is InChI=1S/C20H19Cl2F3N2O3S/c21-15-8-7-14(17(22)10-15)12-31(29,30)27-9-3-4-13(11-27)19(28)26-18-6-2-1-5-16(18)20(23,24)25/h1-2,5-8,10,13H,3-4,9,11-12H2,(H,26,28)/t13-/m0/s1. The molecule has 1 fully saturated rings. The van der Waals surface area contributed by atoms with Crippen LogP contribution in [-0.2, 0) is 26.7 Å². The molecule has 0 aliphatic carbocycles. The third-order valence-corrected chi connectivity index (χ3v) is 7.37. The average Bonchev–Trinajstić information content (AvgIpc) is 2.70. The minimum atomic E-state index is -4.62. The molecule has 1 N–H and O–H groups in total. The predicted molar refractivity (Wildman–Crippen MR) is 113 cm³/mol. The Bertz CT molecular complexity index is 1080. The lowest BCUT2D eigenvalue weighted by Gasteiger charge is -2.31. The molecule has 5 nitrogen and oxygen atoms in total. The number of benzene rings is 2. The van der Waals surface area contributed by atoms with E-state index in [1.54, 1.807) is 0 Å². The van der Waals surface area contributed by atoms with Crippen LogP contribution in [0.3, 0.4) is 0 Å². The summed E-state index contributed by atoms with van der Waals surface area (Å²) in [6.45, 7) is 0.101. The van der Waals surface area contributed by atoms with Gasteiger partial charge in [-0.3, -0.25) is 4.79 Å². The Morgan fingerprint density at radius 2 is 1.87 bits per heavy atom. The summed E-state index contributed by atoms with van der Waals surface area (Å²) in [5.41, 5.74) is -0.939. The van der Waals surface area contributed by atoms with Crippen molar-refractivity contribution < 1.29 is 26.4 Å². The Morgan fingerprint density at radius 1 is 1.16 bits per heavy atom. The van der Waals surface area contributed by atoms with E-state index in [4.69, 9.17) is 23.2 Å². The van der Waals surface area contributed by atoms with Gasteiger partial charge >= 0.3 is 6.18 Å². The molecule has 1 aliphatic heterocycles. The quantitative estimate of drug-likeness (QED) is 0.621. The number of nitrogens with one attached hydrogen (secondary N) is 1. The lowest BCUT2D eigenvalue weighted by atomic mass is 9.98. The Hall–Kier alpha value is -1.81. The summed E-state index contributed by atoms with van der Waals surface area (Å²) < 4.78 is 66.4. The van der Waals surface area contributed by atoms with E-state index >= 15 is 0 Å². The summed E-state index contributed by atoms with van der Waals surface area (Å²) in [5, 5.41) is 2.90. The first kappa shape index (κ1) is 23.8. The van der Waals surface area contributed by atoms with E-state index in [0.29, 0.717) is 23.4 Å². The molecule has 2 aromatic carbocycles. The van der Waals surface area contributed by atoms with Gasteiger partial charge in [0.15, 0.2) is 0 Å². The molecule has 1 atom stereocenters. The van der Waals surface area contributed by atoms with E-state index < -0.39 is 33.6 Å². The minimum absolute atomic E-state index is 0.117. The number of rotatable bonds is 5. The van der Waals surface area contributed by atoms with Gasteiger partial charge in [0, 0.05) is 23.1 Å². The zero-order chi connectivity index (χ0) is 22.8. The lowest BCUT2D eigenvalue weighted by molar-refractivity contribution is -0.137. The molecule has 0 saturated carbocycles. The van der Waals surface area contributed by atoms with Gasteiger partial charge in [-0.2, -0.15) is 13.2 Å². The summed E-state index contributed by atoms with van der Waals surface area (Å²) in [7, 11) is -3.80. The third kappa shape index (κ3) is 5.91. The number of carbonyl (C=O) groups is 1. The van der Waals surface area contributed by atoms with Crippen LogP contribution in [-0.4, -0.2) is 31.7 Å². The van der Waals surface area contributed by atoms with Crippen molar-refractivity contribution in [3.8, 4) is 0 Å². The number of piperidine rings is 1. The van der Waals surface area contributed by atoms with E-state index in [1.807, 2.05) is 0 Å². The summed E-state index contributed by atoms with van der Waals surface area (Å²) in [4.78, 5) is 12.6. The number of nitrogens with zero attached hydrogens (tertiary/aromatic N) is 1. The molecule has 11 heteroatoms. The maximum absolute atomic E-state index is 13.2. The molecule has 0 bridgehead atoms. The van der Waals surface area contributed by atoms with E-state index in [0.717, 1.165) is 6.07 Å². The Kier molecular flexibility index (Phi) is 7.20. The van der Waals surface area contributed by atoms with Crippen molar-refractivity contribution in [2.75, 3.05) is 18.4 Å². The van der Waals surface area contributed by atoms with Gasteiger partial charge in [-0.25, -0.2) is 12.7 Å². The molecule has 31 heavy (non-hydrogen) atoms. The third-order valence-electron chi connectivity index (χ3n) is 4.99. The molecule has 0 radical (unpaired) electrons. The van der Waals surface area contributed by atoms with Crippen LogP contribution >= 0.6 is 23.2 Å². The van der Waals surface area contributed by atoms with E-state index in [1.165, 1.54) is 40.7 Å². The topological polar surface area (TPSA) is 66.5 Å². The number of amides is 1.